The summed E-state index contributed by atoms with van der Waals surface area (Å²) in [5, 5.41) is 3.00. The highest BCUT2D eigenvalue weighted by Gasteiger charge is 2.28. The molecule has 2 amide bonds. The molecule has 0 spiro atoms. The molecule has 1 atom stereocenters. The van der Waals surface area contributed by atoms with Crippen molar-refractivity contribution in [2.45, 2.75) is 65.5 Å². The number of benzene rings is 2. The molecular formula is C26H36N2O3. The summed E-state index contributed by atoms with van der Waals surface area (Å²) in [7, 11) is 0. The largest absolute Gasteiger partial charge is 0.494 e. The van der Waals surface area contributed by atoms with Crippen molar-refractivity contribution in [3.8, 4) is 5.75 Å². The number of para-hydroxylation sites is 1. The number of nitrogens with zero attached hydrogens (tertiary/aromatic N) is 1. The third-order valence-corrected chi connectivity index (χ3v) is 5.20. The first-order chi connectivity index (χ1) is 15.0. The van der Waals surface area contributed by atoms with Crippen LogP contribution in [0.15, 0.2) is 54.6 Å². The van der Waals surface area contributed by atoms with Gasteiger partial charge in [-0.3, -0.25) is 9.59 Å². The Morgan fingerprint density at radius 3 is 2.48 bits per heavy atom. The summed E-state index contributed by atoms with van der Waals surface area (Å²) in [6.45, 7) is 7.62. The van der Waals surface area contributed by atoms with E-state index in [0.29, 0.717) is 39.0 Å². The molecule has 0 aliphatic rings. The van der Waals surface area contributed by atoms with Gasteiger partial charge >= 0.3 is 0 Å². The highest BCUT2D eigenvalue weighted by atomic mass is 16.5. The van der Waals surface area contributed by atoms with Crippen LogP contribution in [0.3, 0.4) is 0 Å². The molecule has 0 fully saturated rings. The van der Waals surface area contributed by atoms with E-state index in [1.807, 2.05) is 62.4 Å². The topological polar surface area (TPSA) is 58.6 Å². The van der Waals surface area contributed by atoms with Crippen molar-refractivity contribution in [2.24, 2.45) is 0 Å². The van der Waals surface area contributed by atoms with Gasteiger partial charge in [-0.25, -0.2) is 0 Å². The lowest BCUT2D eigenvalue weighted by Gasteiger charge is -2.31. The predicted octanol–water partition coefficient (Wildman–Crippen LogP) is 4.88. The summed E-state index contributed by atoms with van der Waals surface area (Å²) in [5.74, 6) is 0.710. The molecule has 2 aromatic carbocycles. The van der Waals surface area contributed by atoms with E-state index in [4.69, 9.17) is 4.74 Å². The third-order valence-electron chi connectivity index (χ3n) is 5.20. The van der Waals surface area contributed by atoms with Gasteiger partial charge in [-0.05, 0) is 43.9 Å². The van der Waals surface area contributed by atoms with Crippen LogP contribution in [0.4, 0.5) is 0 Å². The summed E-state index contributed by atoms with van der Waals surface area (Å²) in [4.78, 5) is 27.7. The number of aryl methyl sites for hydroxylation is 1. The Hall–Kier alpha value is -2.82. The van der Waals surface area contributed by atoms with Crippen molar-refractivity contribution < 1.29 is 14.3 Å². The van der Waals surface area contributed by atoms with E-state index in [9.17, 15) is 9.59 Å². The number of unbranched alkanes of at least 4 members (excludes halogenated alkanes) is 1. The van der Waals surface area contributed by atoms with Crippen molar-refractivity contribution in [2.75, 3.05) is 13.2 Å². The standard InChI is InChI=1S/C26H36N2O3/c1-4-6-17-27-26(30)24(5-2)28(20-22-13-10-12-21(3)19-22)25(29)16-11-18-31-23-14-8-7-9-15-23/h7-10,12-15,19,24H,4-6,11,16-18,20H2,1-3H3,(H,27,30). The van der Waals surface area contributed by atoms with Gasteiger partial charge in [0.25, 0.3) is 0 Å². The Kier molecular flexibility index (Phi) is 10.6. The van der Waals surface area contributed by atoms with Crippen molar-refractivity contribution in [3.63, 3.8) is 0 Å². The van der Waals surface area contributed by atoms with E-state index in [2.05, 4.69) is 18.3 Å². The molecule has 31 heavy (non-hydrogen) atoms. The fraction of sp³-hybridized carbons (Fsp3) is 0.462. The van der Waals surface area contributed by atoms with Crippen LogP contribution >= 0.6 is 0 Å². The Bertz CT molecular complexity index is 807. The number of hydrogen-bond acceptors (Lipinski definition) is 3. The average Bonchev–Trinajstić information content (AvgIpc) is 2.77. The number of ether oxygens (including phenoxy) is 1. The van der Waals surface area contributed by atoms with E-state index in [1.54, 1.807) is 4.90 Å². The van der Waals surface area contributed by atoms with E-state index in [1.165, 1.54) is 0 Å². The third kappa shape index (κ3) is 8.44. The number of carbonyl (C=O) groups excluding carboxylic acids is 2. The fourth-order valence-corrected chi connectivity index (χ4v) is 3.51. The zero-order valence-electron chi connectivity index (χ0n) is 19.1. The lowest BCUT2D eigenvalue weighted by atomic mass is 10.1. The molecule has 0 radical (unpaired) electrons. The summed E-state index contributed by atoms with van der Waals surface area (Å²) in [6, 6.07) is 17.2. The van der Waals surface area contributed by atoms with E-state index >= 15 is 0 Å². The van der Waals surface area contributed by atoms with Crippen LogP contribution in [-0.4, -0.2) is 35.9 Å². The van der Waals surface area contributed by atoms with Gasteiger partial charge in [0.15, 0.2) is 0 Å². The monoisotopic (exact) mass is 424 g/mol. The SMILES string of the molecule is CCCCNC(=O)C(CC)N(Cc1cccc(C)c1)C(=O)CCCOc1ccccc1. The minimum Gasteiger partial charge on any atom is -0.494 e. The fourth-order valence-electron chi connectivity index (χ4n) is 3.51. The van der Waals surface area contributed by atoms with Crippen LogP contribution in [0.5, 0.6) is 5.75 Å². The Balaban J connectivity index is 2.03. The number of hydrogen-bond donors (Lipinski definition) is 1. The van der Waals surface area contributed by atoms with Gasteiger partial charge in [-0.1, -0.05) is 68.3 Å². The molecule has 168 valence electrons. The number of carbonyl (C=O) groups is 2. The second-order valence-corrected chi connectivity index (χ2v) is 7.84. The predicted molar refractivity (Wildman–Crippen MR) is 125 cm³/mol. The minimum absolute atomic E-state index is 0.0179. The molecule has 0 bridgehead atoms. The second-order valence-electron chi connectivity index (χ2n) is 7.84. The molecule has 1 unspecified atom stereocenters. The van der Waals surface area contributed by atoms with Crippen molar-refractivity contribution >= 4 is 11.8 Å². The highest BCUT2D eigenvalue weighted by Crippen LogP contribution is 2.16. The van der Waals surface area contributed by atoms with Crippen LogP contribution in [0, 0.1) is 6.92 Å². The van der Waals surface area contributed by atoms with Gasteiger partial charge in [0, 0.05) is 19.5 Å². The van der Waals surface area contributed by atoms with Crippen molar-refractivity contribution in [1.29, 1.82) is 0 Å². The lowest BCUT2D eigenvalue weighted by Crippen LogP contribution is -2.49. The van der Waals surface area contributed by atoms with E-state index in [0.717, 1.165) is 29.7 Å². The molecule has 0 saturated heterocycles. The van der Waals surface area contributed by atoms with Crippen LogP contribution in [0.2, 0.25) is 0 Å². The van der Waals surface area contributed by atoms with Crippen LogP contribution in [-0.2, 0) is 16.1 Å². The number of nitrogens with one attached hydrogen (secondary N) is 1. The average molecular weight is 425 g/mol. The molecule has 0 aromatic heterocycles. The molecule has 1 N–H and O–H groups in total. The summed E-state index contributed by atoms with van der Waals surface area (Å²) < 4.78 is 5.72. The van der Waals surface area contributed by atoms with Crippen LogP contribution in [0.1, 0.15) is 57.1 Å². The molecule has 5 heteroatoms. The maximum absolute atomic E-state index is 13.2. The lowest BCUT2D eigenvalue weighted by molar-refractivity contribution is -0.141. The molecule has 5 nitrogen and oxygen atoms in total. The Labute approximate surface area is 186 Å². The maximum atomic E-state index is 13.2. The molecular weight excluding hydrogens is 388 g/mol. The summed E-state index contributed by atoms with van der Waals surface area (Å²) >= 11 is 0. The Morgan fingerprint density at radius 2 is 1.81 bits per heavy atom. The van der Waals surface area contributed by atoms with E-state index < -0.39 is 6.04 Å². The minimum atomic E-state index is -0.472. The first kappa shape index (κ1) is 24.4. The molecule has 0 aliphatic heterocycles. The smallest absolute Gasteiger partial charge is 0.242 e. The summed E-state index contributed by atoms with van der Waals surface area (Å²) in [5.41, 5.74) is 2.18. The molecule has 2 rings (SSSR count). The summed E-state index contributed by atoms with van der Waals surface area (Å²) in [6.07, 6.45) is 3.48. The first-order valence-corrected chi connectivity index (χ1v) is 11.4. The zero-order valence-corrected chi connectivity index (χ0v) is 19.1. The zero-order chi connectivity index (χ0) is 22.5. The highest BCUT2D eigenvalue weighted by molar-refractivity contribution is 5.87. The maximum Gasteiger partial charge on any atom is 0.242 e. The van der Waals surface area contributed by atoms with E-state index in [-0.39, 0.29) is 11.8 Å². The quantitative estimate of drug-likeness (QED) is 0.466. The van der Waals surface area contributed by atoms with Crippen LogP contribution in [0.25, 0.3) is 0 Å². The number of rotatable bonds is 13. The van der Waals surface area contributed by atoms with Gasteiger partial charge in [0.2, 0.25) is 11.8 Å². The normalized spacial score (nSPS) is 11.6. The molecule has 0 aliphatic carbocycles. The van der Waals surface area contributed by atoms with Gasteiger partial charge in [-0.2, -0.15) is 0 Å². The van der Waals surface area contributed by atoms with Gasteiger partial charge < -0.3 is 15.0 Å². The second kappa shape index (κ2) is 13.5. The molecule has 0 heterocycles. The van der Waals surface area contributed by atoms with Gasteiger partial charge in [-0.15, -0.1) is 0 Å². The van der Waals surface area contributed by atoms with Gasteiger partial charge in [0.1, 0.15) is 11.8 Å². The molecule has 2 aromatic rings. The van der Waals surface area contributed by atoms with Crippen LogP contribution < -0.4 is 10.1 Å². The van der Waals surface area contributed by atoms with Crippen molar-refractivity contribution in [3.05, 3.63) is 65.7 Å². The number of amides is 2. The first-order valence-electron chi connectivity index (χ1n) is 11.4. The molecule has 0 saturated carbocycles. The Morgan fingerprint density at radius 1 is 1.03 bits per heavy atom. The van der Waals surface area contributed by atoms with Crippen molar-refractivity contribution in [1.82, 2.24) is 10.2 Å². The van der Waals surface area contributed by atoms with Gasteiger partial charge in [0.05, 0.1) is 6.61 Å².